The zero-order valence-electron chi connectivity index (χ0n) is 11.8. The summed E-state index contributed by atoms with van der Waals surface area (Å²) in [4.78, 5) is 24.6. The summed E-state index contributed by atoms with van der Waals surface area (Å²) >= 11 is 0. The van der Waals surface area contributed by atoms with Gasteiger partial charge in [-0.1, -0.05) is 30.3 Å². The van der Waals surface area contributed by atoms with Crippen LogP contribution in [0.4, 0.5) is 0 Å². The zero-order chi connectivity index (χ0) is 15.6. The minimum atomic E-state index is -0.584. The van der Waals surface area contributed by atoms with Gasteiger partial charge in [-0.2, -0.15) is 5.26 Å². The smallest absolute Gasteiger partial charge is 0.271 e. The lowest BCUT2D eigenvalue weighted by Crippen LogP contribution is -2.26. The summed E-state index contributed by atoms with van der Waals surface area (Å²) in [6, 6.07) is 10.2. The van der Waals surface area contributed by atoms with E-state index in [-0.39, 0.29) is 23.2 Å². The topological polar surface area (TPSA) is 83.1 Å². The van der Waals surface area contributed by atoms with E-state index in [2.05, 4.69) is 0 Å². The molecule has 0 aliphatic carbocycles. The highest BCUT2D eigenvalue weighted by atomic mass is 16.3. The Balaban J connectivity index is 2.79. The number of nitriles is 1. The highest BCUT2D eigenvalue weighted by molar-refractivity contribution is 6.11. The van der Waals surface area contributed by atoms with E-state index in [1.165, 1.54) is 6.92 Å². The molecule has 1 N–H and O–H groups in total. The van der Waals surface area contributed by atoms with Crippen molar-refractivity contribution in [1.82, 2.24) is 4.57 Å². The molecule has 1 aromatic heterocycles. The number of rotatable bonds is 3. The molecule has 0 amide bonds. The van der Waals surface area contributed by atoms with Gasteiger partial charge in [0, 0.05) is 12.1 Å². The van der Waals surface area contributed by atoms with E-state index >= 15 is 0 Å². The molecule has 0 fully saturated rings. The molecule has 2 rings (SSSR count). The molecule has 0 spiro atoms. The molecule has 0 aliphatic heterocycles. The van der Waals surface area contributed by atoms with E-state index in [4.69, 9.17) is 5.26 Å². The summed E-state index contributed by atoms with van der Waals surface area (Å²) in [5, 5.41) is 19.4. The minimum Gasteiger partial charge on any atom is -0.494 e. The van der Waals surface area contributed by atoms with Gasteiger partial charge >= 0.3 is 0 Å². The second-order valence-electron chi connectivity index (χ2n) is 4.55. The van der Waals surface area contributed by atoms with Crippen molar-refractivity contribution in [2.75, 3.05) is 0 Å². The third-order valence-corrected chi connectivity index (χ3v) is 3.38. The van der Waals surface area contributed by atoms with Gasteiger partial charge in [-0.3, -0.25) is 14.2 Å². The maximum Gasteiger partial charge on any atom is 0.271 e. The van der Waals surface area contributed by atoms with Crippen LogP contribution in [0.15, 0.2) is 35.1 Å². The normalized spacial score (nSPS) is 10.1. The Bertz CT molecular complexity index is 799. The highest BCUT2D eigenvalue weighted by Crippen LogP contribution is 2.24. The Hall–Kier alpha value is -2.87. The van der Waals surface area contributed by atoms with Crippen LogP contribution in [0.5, 0.6) is 5.88 Å². The van der Waals surface area contributed by atoms with Gasteiger partial charge in [0.15, 0.2) is 5.78 Å². The second kappa shape index (κ2) is 5.63. The lowest BCUT2D eigenvalue weighted by Gasteiger charge is -2.14. The maximum absolute atomic E-state index is 12.6. The first-order valence-corrected chi connectivity index (χ1v) is 6.49. The quantitative estimate of drug-likeness (QED) is 0.873. The Morgan fingerprint density at radius 2 is 1.95 bits per heavy atom. The highest BCUT2D eigenvalue weighted by Gasteiger charge is 2.24. The molecule has 1 aromatic carbocycles. The van der Waals surface area contributed by atoms with E-state index in [0.717, 1.165) is 4.57 Å². The number of nitrogens with zero attached hydrogens (tertiary/aromatic N) is 2. The summed E-state index contributed by atoms with van der Waals surface area (Å²) in [6.07, 6.45) is 0. The molecule has 1 heterocycles. The van der Waals surface area contributed by atoms with Gasteiger partial charge in [-0.05, 0) is 19.4 Å². The Morgan fingerprint density at radius 1 is 1.33 bits per heavy atom. The van der Waals surface area contributed by atoms with Crippen molar-refractivity contribution in [1.29, 1.82) is 5.26 Å². The standard InChI is InChI=1S/C16H14N2O3/c1-3-18-15(20)12(9-17)10(2)13(16(18)21)14(19)11-7-5-4-6-8-11/h4-8,21H,3H2,1-2H3. The molecule has 5 nitrogen and oxygen atoms in total. The van der Waals surface area contributed by atoms with E-state index in [1.54, 1.807) is 37.3 Å². The molecule has 0 bridgehead atoms. The SMILES string of the molecule is CCn1c(O)c(C(=O)c2ccccc2)c(C)c(C#N)c1=O. The molecular formula is C16H14N2O3. The summed E-state index contributed by atoms with van der Waals surface area (Å²) in [5.74, 6) is -0.808. The van der Waals surface area contributed by atoms with Crippen LogP contribution in [-0.2, 0) is 6.54 Å². The third-order valence-electron chi connectivity index (χ3n) is 3.38. The van der Waals surface area contributed by atoms with Gasteiger partial charge in [-0.25, -0.2) is 0 Å². The molecule has 0 atom stereocenters. The largest absolute Gasteiger partial charge is 0.494 e. The average molecular weight is 282 g/mol. The second-order valence-corrected chi connectivity index (χ2v) is 4.55. The number of hydrogen-bond donors (Lipinski definition) is 1. The van der Waals surface area contributed by atoms with Gasteiger partial charge in [-0.15, -0.1) is 0 Å². The lowest BCUT2D eigenvalue weighted by atomic mass is 9.97. The van der Waals surface area contributed by atoms with Gasteiger partial charge < -0.3 is 5.11 Å². The molecule has 0 radical (unpaired) electrons. The molecule has 0 aliphatic rings. The fourth-order valence-electron chi connectivity index (χ4n) is 2.25. The third kappa shape index (κ3) is 2.32. The molecule has 0 saturated carbocycles. The fraction of sp³-hybridized carbons (Fsp3) is 0.188. The van der Waals surface area contributed by atoms with Crippen LogP contribution in [0.3, 0.4) is 0 Å². The van der Waals surface area contributed by atoms with Crippen molar-refractivity contribution < 1.29 is 9.90 Å². The van der Waals surface area contributed by atoms with E-state index < -0.39 is 17.2 Å². The van der Waals surface area contributed by atoms with Crippen LogP contribution in [0.1, 0.15) is 34.0 Å². The van der Waals surface area contributed by atoms with Crippen LogP contribution >= 0.6 is 0 Å². The van der Waals surface area contributed by atoms with E-state index in [1.807, 2.05) is 6.07 Å². The number of aromatic nitrogens is 1. The maximum atomic E-state index is 12.6. The van der Waals surface area contributed by atoms with E-state index in [9.17, 15) is 14.7 Å². The molecule has 0 unspecified atom stereocenters. The van der Waals surface area contributed by atoms with Crippen molar-refractivity contribution in [2.24, 2.45) is 0 Å². The molecule has 106 valence electrons. The molecular weight excluding hydrogens is 268 g/mol. The number of carbonyl (C=O) groups is 1. The van der Waals surface area contributed by atoms with Crippen molar-refractivity contribution in [3.05, 3.63) is 62.9 Å². The molecule has 5 heteroatoms. The van der Waals surface area contributed by atoms with Crippen LogP contribution < -0.4 is 5.56 Å². The summed E-state index contributed by atoms with van der Waals surface area (Å²) in [5.41, 5.74) is -0.104. The number of ketones is 1. The minimum absolute atomic E-state index is 0.000741. The number of carbonyl (C=O) groups excluding carboxylic acids is 1. The van der Waals surface area contributed by atoms with Gasteiger partial charge in [0.2, 0.25) is 5.88 Å². The van der Waals surface area contributed by atoms with Crippen molar-refractivity contribution in [3.8, 4) is 11.9 Å². The lowest BCUT2D eigenvalue weighted by molar-refractivity contribution is 0.103. The number of aromatic hydroxyl groups is 1. The van der Waals surface area contributed by atoms with Crippen molar-refractivity contribution in [3.63, 3.8) is 0 Å². The number of benzene rings is 1. The Labute approximate surface area is 121 Å². The van der Waals surface area contributed by atoms with Gasteiger partial charge in [0.05, 0.1) is 5.56 Å². The van der Waals surface area contributed by atoms with Gasteiger partial charge in [0.1, 0.15) is 11.6 Å². The molecule has 0 saturated heterocycles. The molecule has 21 heavy (non-hydrogen) atoms. The van der Waals surface area contributed by atoms with E-state index in [0.29, 0.717) is 5.56 Å². The van der Waals surface area contributed by atoms with Crippen LogP contribution in [0.2, 0.25) is 0 Å². The predicted molar refractivity (Wildman–Crippen MR) is 77.4 cm³/mol. The number of hydrogen-bond acceptors (Lipinski definition) is 4. The molecule has 2 aromatic rings. The predicted octanol–water partition coefficient (Wildman–Crippen LogP) is 1.98. The van der Waals surface area contributed by atoms with Crippen LogP contribution in [-0.4, -0.2) is 15.5 Å². The zero-order valence-corrected chi connectivity index (χ0v) is 11.8. The summed E-state index contributed by atoms with van der Waals surface area (Å²) < 4.78 is 1.03. The summed E-state index contributed by atoms with van der Waals surface area (Å²) in [7, 11) is 0. The Kier molecular flexibility index (Phi) is 3.90. The average Bonchev–Trinajstić information content (AvgIpc) is 2.49. The van der Waals surface area contributed by atoms with Crippen molar-refractivity contribution >= 4 is 5.78 Å². The Morgan fingerprint density at radius 3 is 2.48 bits per heavy atom. The first-order chi connectivity index (χ1) is 10.0. The number of pyridine rings is 1. The van der Waals surface area contributed by atoms with Crippen LogP contribution in [0.25, 0.3) is 0 Å². The monoisotopic (exact) mass is 282 g/mol. The first-order valence-electron chi connectivity index (χ1n) is 6.49. The van der Waals surface area contributed by atoms with Crippen LogP contribution in [0, 0.1) is 18.3 Å². The van der Waals surface area contributed by atoms with Crippen molar-refractivity contribution in [2.45, 2.75) is 20.4 Å². The first kappa shape index (κ1) is 14.5. The fourth-order valence-corrected chi connectivity index (χ4v) is 2.25. The summed E-state index contributed by atoms with van der Waals surface area (Å²) in [6.45, 7) is 3.33. The van der Waals surface area contributed by atoms with Gasteiger partial charge in [0.25, 0.3) is 5.56 Å².